The van der Waals surface area contributed by atoms with Crippen molar-refractivity contribution in [2.45, 2.75) is 27.7 Å². The highest BCUT2D eigenvalue weighted by atomic mass is 31.2. The van der Waals surface area contributed by atoms with Crippen molar-refractivity contribution in [1.29, 1.82) is 0 Å². The third-order valence-electron chi connectivity index (χ3n) is 3.78. The molecule has 0 aliphatic carbocycles. The third kappa shape index (κ3) is 8.54. The Hall–Kier alpha value is -2.40. The lowest BCUT2D eigenvalue weighted by Crippen LogP contribution is -2.32. The van der Waals surface area contributed by atoms with Crippen molar-refractivity contribution in [3.05, 3.63) is 38.4 Å². The summed E-state index contributed by atoms with van der Waals surface area (Å²) < 4.78 is 22.9. The summed E-state index contributed by atoms with van der Waals surface area (Å²) in [6.07, 6.45) is 1.80. The Morgan fingerprint density at radius 1 is 1.17 bits per heavy atom. The van der Waals surface area contributed by atoms with Crippen LogP contribution >= 0.6 is 7.60 Å². The van der Waals surface area contributed by atoms with Crippen molar-refractivity contribution in [1.82, 2.24) is 5.32 Å². The number of rotatable bonds is 14. The topological polar surface area (TPSA) is 158 Å². The van der Waals surface area contributed by atoms with Crippen molar-refractivity contribution >= 4 is 30.9 Å². The molecule has 0 heterocycles. The van der Waals surface area contributed by atoms with E-state index in [-0.39, 0.29) is 17.5 Å². The predicted molar refractivity (Wildman–Crippen MR) is 114 cm³/mol. The minimum Gasteiger partial charge on any atom is -0.315 e. The SMILES string of the molecule is CCOP(=O)(CCNCC(C)(C)C=NNc1ccc([N+](=O)[O-])cc1[N+](=O)[O-])OCC. The molecule has 0 aromatic heterocycles. The van der Waals surface area contributed by atoms with E-state index in [4.69, 9.17) is 9.05 Å². The highest BCUT2D eigenvalue weighted by Crippen LogP contribution is 2.47. The molecule has 0 fully saturated rings. The summed E-state index contributed by atoms with van der Waals surface area (Å²) in [7, 11) is -3.11. The molecule has 1 aromatic carbocycles. The van der Waals surface area contributed by atoms with Gasteiger partial charge in [0.15, 0.2) is 0 Å². The van der Waals surface area contributed by atoms with E-state index in [0.717, 1.165) is 12.1 Å². The van der Waals surface area contributed by atoms with Crippen molar-refractivity contribution in [2.75, 3.05) is 37.9 Å². The van der Waals surface area contributed by atoms with Gasteiger partial charge in [-0.1, -0.05) is 13.8 Å². The standard InChI is InChI=1S/C17H28N5O7P/c1-5-28-30(27,29-6-2)10-9-18-12-17(3,4)13-19-20-15-8-7-14(21(23)24)11-16(15)22(25)26/h7-8,11,13,18,20H,5-6,9-10,12H2,1-4H3. The van der Waals surface area contributed by atoms with Crippen LogP contribution in [0.2, 0.25) is 0 Å². The van der Waals surface area contributed by atoms with Gasteiger partial charge in [0.1, 0.15) is 5.69 Å². The van der Waals surface area contributed by atoms with E-state index in [1.807, 2.05) is 13.8 Å². The molecule has 0 aliphatic rings. The molecule has 0 saturated carbocycles. The summed E-state index contributed by atoms with van der Waals surface area (Å²) in [4.78, 5) is 20.5. The van der Waals surface area contributed by atoms with Crippen LogP contribution in [0.15, 0.2) is 23.3 Å². The molecule has 30 heavy (non-hydrogen) atoms. The largest absolute Gasteiger partial charge is 0.331 e. The van der Waals surface area contributed by atoms with Crippen molar-refractivity contribution in [2.24, 2.45) is 10.5 Å². The summed E-state index contributed by atoms with van der Waals surface area (Å²) in [5, 5.41) is 29.1. The summed E-state index contributed by atoms with van der Waals surface area (Å²) >= 11 is 0. The molecule has 13 heteroatoms. The molecule has 0 atom stereocenters. The van der Waals surface area contributed by atoms with Gasteiger partial charge >= 0.3 is 13.3 Å². The average Bonchev–Trinajstić information content (AvgIpc) is 2.65. The maximum absolute atomic E-state index is 12.4. The first-order valence-electron chi connectivity index (χ1n) is 9.35. The van der Waals surface area contributed by atoms with Crippen molar-refractivity contribution in [3.8, 4) is 0 Å². The molecule has 1 rings (SSSR count). The molecular weight excluding hydrogens is 417 g/mol. The van der Waals surface area contributed by atoms with Crippen LogP contribution in [0.3, 0.4) is 0 Å². The van der Waals surface area contributed by atoms with Gasteiger partial charge in [0.2, 0.25) is 0 Å². The van der Waals surface area contributed by atoms with E-state index in [2.05, 4.69) is 15.8 Å². The molecule has 0 amide bonds. The van der Waals surface area contributed by atoms with Crippen LogP contribution in [0.4, 0.5) is 17.1 Å². The summed E-state index contributed by atoms with van der Waals surface area (Å²) in [5.41, 5.74) is 1.34. The van der Waals surface area contributed by atoms with Crippen LogP contribution in [0.25, 0.3) is 0 Å². The highest BCUT2D eigenvalue weighted by Gasteiger charge is 2.24. The first-order chi connectivity index (χ1) is 14.0. The van der Waals surface area contributed by atoms with E-state index >= 15 is 0 Å². The van der Waals surface area contributed by atoms with E-state index < -0.39 is 28.5 Å². The Bertz CT molecular complexity index is 806. The van der Waals surface area contributed by atoms with Crippen molar-refractivity contribution < 1.29 is 23.5 Å². The number of non-ortho nitro benzene ring substituents is 1. The average molecular weight is 445 g/mol. The van der Waals surface area contributed by atoms with Crippen LogP contribution in [0, 0.1) is 25.6 Å². The zero-order valence-electron chi connectivity index (χ0n) is 17.5. The van der Waals surface area contributed by atoms with Gasteiger partial charge in [-0.25, -0.2) is 0 Å². The molecule has 1 aromatic rings. The van der Waals surface area contributed by atoms with Crippen LogP contribution in [-0.2, 0) is 13.6 Å². The molecule has 0 aliphatic heterocycles. The minimum absolute atomic E-state index is 0.0416. The smallest absolute Gasteiger partial charge is 0.315 e. The zero-order chi connectivity index (χ0) is 22.8. The number of nitrogens with zero attached hydrogens (tertiary/aromatic N) is 3. The Morgan fingerprint density at radius 2 is 1.80 bits per heavy atom. The number of hydrogen-bond acceptors (Lipinski definition) is 10. The monoisotopic (exact) mass is 445 g/mol. The van der Waals surface area contributed by atoms with Gasteiger partial charge < -0.3 is 14.4 Å². The highest BCUT2D eigenvalue weighted by molar-refractivity contribution is 7.53. The van der Waals surface area contributed by atoms with Crippen molar-refractivity contribution in [3.63, 3.8) is 0 Å². The van der Waals surface area contributed by atoms with Crippen LogP contribution < -0.4 is 10.7 Å². The Balaban J connectivity index is 2.65. The van der Waals surface area contributed by atoms with Gasteiger partial charge in [-0.05, 0) is 19.9 Å². The predicted octanol–water partition coefficient (Wildman–Crippen LogP) is 3.78. The Morgan fingerprint density at radius 3 is 2.33 bits per heavy atom. The van der Waals surface area contributed by atoms with Crippen LogP contribution in [0.1, 0.15) is 27.7 Å². The molecule has 0 bridgehead atoms. The third-order valence-corrected chi connectivity index (χ3v) is 5.86. The van der Waals surface area contributed by atoms with Gasteiger partial charge in [0, 0.05) is 30.8 Å². The van der Waals surface area contributed by atoms with E-state index in [9.17, 15) is 24.8 Å². The quantitative estimate of drug-likeness (QED) is 0.143. The van der Waals surface area contributed by atoms with E-state index in [1.54, 1.807) is 20.1 Å². The zero-order valence-corrected chi connectivity index (χ0v) is 18.4. The molecule has 0 saturated heterocycles. The van der Waals surface area contributed by atoms with E-state index in [0.29, 0.717) is 26.3 Å². The number of benzene rings is 1. The fourth-order valence-corrected chi connectivity index (χ4v) is 3.94. The Kier molecular flexibility index (Phi) is 10.00. The maximum Gasteiger partial charge on any atom is 0.331 e. The summed E-state index contributed by atoms with van der Waals surface area (Å²) in [6.45, 7) is 8.78. The first-order valence-corrected chi connectivity index (χ1v) is 11.1. The van der Waals surface area contributed by atoms with Crippen LogP contribution in [-0.4, -0.2) is 48.5 Å². The van der Waals surface area contributed by atoms with Gasteiger partial charge in [0.05, 0.1) is 35.3 Å². The Labute approximate surface area is 174 Å². The molecule has 0 radical (unpaired) electrons. The lowest BCUT2D eigenvalue weighted by Gasteiger charge is -2.21. The fourth-order valence-electron chi connectivity index (χ4n) is 2.39. The second-order valence-corrected chi connectivity index (χ2v) is 9.11. The summed E-state index contributed by atoms with van der Waals surface area (Å²) in [5.74, 6) is 0. The molecule has 168 valence electrons. The lowest BCUT2D eigenvalue weighted by atomic mass is 9.95. The second-order valence-electron chi connectivity index (χ2n) is 6.92. The van der Waals surface area contributed by atoms with Gasteiger partial charge in [-0.3, -0.25) is 30.2 Å². The van der Waals surface area contributed by atoms with Gasteiger partial charge in [-0.2, -0.15) is 5.10 Å². The normalized spacial score (nSPS) is 12.3. The molecule has 2 N–H and O–H groups in total. The maximum atomic E-state index is 12.4. The number of hydrazone groups is 1. The number of nitrogens with one attached hydrogen (secondary N) is 2. The number of hydrogen-bond donors (Lipinski definition) is 2. The van der Waals surface area contributed by atoms with Gasteiger partial charge in [0.25, 0.3) is 5.69 Å². The molecular formula is C17H28N5O7P. The molecule has 0 unspecified atom stereocenters. The van der Waals surface area contributed by atoms with Gasteiger partial charge in [-0.15, -0.1) is 0 Å². The summed E-state index contributed by atoms with van der Waals surface area (Å²) in [6, 6.07) is 3.27. The second kappa shape index (κ2) is 11.7. The molecule has 0 spiro atoms. The fraction of sp³-hybridized carbons (Fsp3) is 0.588. The number of nitro groups is 2. The first kappa shape index (κ1) is 25.6. The lowest BCUT2D eigenvalue weighted by molar-refractivity contribution is -0.393. The number of nitro benzene ring substituents is 2. The molecule has 12 nitrogen and oxygen atoms in total. The number of anilines is 1. The minimum atomic E-state index is -3.11. The van der Waals surface area contributed by atoms with Crippen LogP contribution in [0.5, 0.6) is 0 Å². The van der Waals surface area contributed by atoms with E-state index in [1.165, 1.54) is 6.07 Å².